The molecule has 1 unspecified atom stereocenters. The molecule has 0 spiro atoms. The van der Waals surface area contributed by atoms with Crippen LogP contribution in [-0.2, 0) is 16.1 Å². The van der Waals surface area contributed by atoms with Gasteiger partial charge < -0.3 is 25.2 Å². The van der Waals surface area contributed by atoms with Gasteiger partial charge in [0.25, 0.3) is 11.8 Å². The molecule has 2 aromatic heterocycles. The van der Waals surface area contributed by atoms with Crippen LogP contribution in [0.4, 0.5) is 5.69 Å². The standard InChI is InChI=1S/C26H29N7O4/c1-27-14-18-8-9-33(30-18)24-22-21(20(37-2)16-29-24)19(15-28-22)23(34)26(36)32-12-10-31(11-13-32)25(35)17-6-4-3-5-7-17/h3-9,16,19,27-28H,10-15H2,1-2H3. The number of hydrogen-bond acceptors (Lipinski definition) is 8. The molecule has 37 heavy (non-hydrogen) atoms. The van der Waals surface area contributed by atoms with Crippen LogP contribution >= 0.6 is 0 Å². The maximum atomic E-state index is 13.4. The molecule has 0 aliphatic carbocycles. The number of piperazine rings is 1. The summed E-state index contributed by atoms with van der Waals surface area (Å²) in [5.41, 5.74) is 2.69. The lowest BCUT2D eigenvalue weighted by molar-refractivity contribution is -0.146. The number of aromatic nitrogens is 3. The van der Waals surface area contributed by atoms with Crippen molar-refractivity contribution in [2.75, 3.05) is 52.2 Å². The second-order valence-electron chi connectivity index (χ2n) is 8.97. The number of amides is 2. The Kier molecular flexibility index (Phi) is 6.87. The number of ketones is 1. The Balaban J connectivity index is 1.31. The minimum atomic E-state index is -0.712. The molecule has 11 nitrogen and oxygen atoms in total. The number of benzene rings is 1. The van der Waals surface area contributed by atoms with Gasteiger partial charge in [-0.15, -0.1) is 0 Å². The molecule has 0 bridgehead atoms. The summed E-state index contributed by atoms with van der Waals surface area (Å²) in [7, 11) is 3.36. The van der Waals surface area contributed by atoms with E-state index in [4.69, 9.17) is 4.74 Å². The van der Waals surface area contributed by atoms with Gasteiger partial charge in [0.15, 0.2) is 5.82 Å². The molecule has 2 aliphatic rings. The molecule has 1 saturated heterocycles. The smallest absolute Gasteiger partial charge is 0.290 e. The summed E-state index contributed by atoms with van der Waals surface area (Å²) in [4.78, 5) is 47.1. The zero-order valence-corrected chi connectivity index (χ0v) is 20.8. The largest absolute Gasteiger partial charge is 0.495 e. The number of fused-ring (bicyclic) bond motifs is 1. The average molecular weight is 504 g/mol. The van der Waals surface area contributed by atoms with Crippen LogP contribution in [-0.4, -0.2) is 89.0 Å². The van der Waals surface area contributed by atoms with Crippen LogP contribution < -0.4 is 15.4 Å². The van der Waals surface area contributed by atoms with Crippen molar-refractivity contribution in [2.45, 2.75) is 12.5 Å². The normalized spacial score (nSPS) is 16.8. The Bertz CT molecular complexity index is 1320. The molecule has 11 heteroatoms. The van der Waals surface area contributed by atoms with Gasteiger partial charge in [-0.05, 0) is 25.2 Å². The fourth-order valence-corrected chi connectivity index (χ4v) is 4.82. The van der Waals surface area contributed by atoms with Crippen molar-refractivity contribution in [1.82, 2.24) is 29.9 Å². The van der Waals surface area contributed by atoms with E-state index < -0.39 is 17.6 Å². The molecule has 192 valence electrons. The lowest BCUT2D eigenvalue weighted by atomic mass is 9.95. The number of methoxy groups -OCH3 is 1. The number of ether oxygens (including phenoxy) is 1. The second-order valence-corrected chi connectivity index (χ2v) is 8.97. The first kappa shape index (κ1) is 24.4. The van der Waals surface area contributed by atoms with Crippen molar-refractivity contribution < 1.29 is 19.1 Å². The van der Waals surface area contributed by atoms with Crippen molar-refractivity contribution in [3.8, 4) is 11.6 Å². The summed E-state index contributed by atoms with van der Waals surface area (Å²) >= 11 is 0. The van der Waals surface area contributed by atoms with E-state index in [2.05, 4.69) is 20.7 Å². The van der Waals surface area contributed by atoms with Crippen molar-refractivity contribution in [1.29, 1.82) is 0 Å². The van der Waals surface area contributed by atoms with Crippen molar-refractivity contribution >= 4 is 23.3 Å². The fraction of sp³-hybridized carbons (Fsp3) is 0.346. The highest BCUT2D eigenvalue weighted by Gasteiger charge is 2.40. The Morgan fingerprint density at radius 1 is 1.08 bits per heavy atom. The van der Waals surface area contributed by atoms with E-state index in [9.17, 15) is 14.4 Å². The number of nitrogens with zero attached hydrogens (tertiary/aromatic N) is 5. The predicted molar refractivity (Wildman–Crippen MR) is 136 cm³/mol. The molecule has 3 aromatic rings. The molecule has 0 saturated carbocycles. The average Bonchev–Trinajstić information content (AvgIpc) is 3.60. The summed E-state index contributed by atoms with van der Waals surface area (Å²) in [6.45, 7) is 2.22. The van der Waals surface area contributed by atoms with Crippen LogP contribution in [0.2, 0.25) is 0 Å². The third kappa shape index (κ3) is 4.65. The monoisotopic (exact) mass is 503 g/mol. The zero-order valence-electron chi connectivity index (χ0n) is 20.8. The van der Waals surface area contributed by atoms with E-state index in [0.717, 1.165) is 5.69 Å². The highest BCUT2D eigenvalue weighted by atomic mass is 16.5. The van der Waals surface area contributed by atoms with Gasteiger partial charge in [0, 0.05) is 56.6 Å². The first-order chi connectivity index (χ1) is 18.0. The molecular formula is C26H29N7O4. The van der Waals surface area contributed by atoms with Crippen LogP contribution in [0.15, 0.2) is 48.8 Å². The van der Waals surface area contributed by atoms with Crippen LogP contribution in [0.5, 0.6) is 5.75 Å². The van der Waals surface area contributed by atoms with E-state index in [1.165, 1.54) is 12.0 Å². The van der Waals surface area contributed by atoms with E-state index in [1.54, 1.807) is 34.1 Å². The first-order valence-corrected chi connectivity index (χ1v) is 12.2. The number of pyridine rings is 1. The molecule has 2 aliphatic heterocycles. The number of anilines is 1. The van der Waals surface area contributed by atoms with Gasteiger partial charge in [0.1, 0.15) is 5.75 Å². The van der Waals surface area contributed by atoms with E-state index in [1.807, 2.05) is 31.3 Å². The Labute approximate surface area is 214 Å². The zero-order chi connectivity index (χ0) is 25.9. The summed E-state index contributed by atoms with van der Waals surface area (Å²) in [5.74, 6) is -0.877. The number of nitrogens with one attached hydrogen (secondary N) is 2. The number of Topliss-reactive ketones (excluding diaryl/α,β-unsaturated/α-hetero) is 1. The van der Waals surface area contributed by atoms with Crippen LogP contribution in [0.1, 0.15) is 27.5 Å². The molecule has 2 amide bonds. The van der Waals surface area contributed by atoms with Crippen LogP contribution in [0.3, 0.4) is 0 Å². The second kappa shape index (κ2) is 10.4. The molecule has 0 radical (unpaired) electrons. The lowest BCUT2D eigenvalue weighted by Crippen LogP contribution is -2.52. The van der Waals surface area contributed by atoms with Crippen molar-refractivity contribution in [2.24, 2.45) is 0 Å². The molecule has 1 atom stereocenters. The molecule has 1 fully saturated rings. The number of hydrogen-bond donors (Lipinski definition) is 2. The maximum absolute atomic E-state index is 13.4. The van der Waals surface area contributed by atoms with Gasteiger partial charge in [-0.3, -0.25) is 14.4 Å². The molecule has 4 heterocycles. The predicted octanol–water partition coefficient (Wildman–Crippen LogP) is 1.06. The Hall–Kier alpha value is -4.25. The Morgan fingerprint density at radius 3 is 2.51 bits per heavy atom. The molecule has 1 aromatic carbocycles. The number of rotatable bonds is 7. The number of carbonyl (C=O) groups is 3. The van der Waals surface area contributed by atoms with Crippen LogP contribution in [0, 0.1) is 0 Å². The minimum absolute atomic E-state index is 0.0748. The van der Waals surface area contributed by atoms with Gasteiger partial charge in [-0.25, -0.2) is 9.67 Å². The third-order valence-corrected chi connectivity index (χ3v) is 6.74. The minimum Gasteiger partial charge on any atom is -0.495 e. The van der Waals surface area contributed by atoms with Crippen molar-refractivity contribution in [3.63, 3.8) is 0 Å². The molecular weight excluding hydrogens is 474 g/mol. The van der Waals surface area contributed by atoms with Gasteiger partial charge in [0.2, 0.25) is 5.78 Å². The lowest BCUT2D eigenvalue weighted by Gasteiger charge is -2.34. The van der Waals surface area contributed by atoms with Gasteiger partial charge in [-0.2, -0.15) is 5.10 Å². The number of carbonyl (C=O) groups excluding carboxylic acids is 3. The van der Waals surface area contributed by atoms with E-state index in [-0.39, 0.29) is 12.5 Å². The highest BCUT2D eigenvalue weighted by Crippen LogP contribution is 2.41. The van der Waals surface area contributed by atoms with Gasteiger partial charge >= 0.3 is 0 Å². The highest BCUT2D eigenvalue weighted by molar-refractivity contribution is 6.38. The van der Waals surface area contributed by atoms with Crippen molar-refractivity contribution in [3.05, 3.63) is 65.6 Å². The summed E-state index contributed by atoms with van der Waals surface area (Å²) < 4.78 is 7.16. The van der Waals surface area contributed by atoms with Crippen LogP contribution in [0.25, 0.3) is 5.82 Å². The quantitative estimate of drug-likeness (QED) is 0.459. The maximum Gasteiger partial charge on any atom is 0.290 e. The Morgan fingerprint density at radius 2 is 1.81 bits per heavy atom. The first-order valence-electron chi connectivity index (χ1n) is 12.2. The van der Waals surface area contributed by atoms with Gasteiger partial charge in [0.05, 0.1) is 30.6 Å². The summed E-state index contributed by atoms with van der Waals surface area (Å²) in [6.07, 6.45) is 3.36. The fourth-order valence-electron chi connectivity index (χ4n) is 4.82. The SMILES string of the molecule is CNCc1ccn(-c2ncc(OC)c3c2NCC3C(=O)C(=O)N2CCN(C(=O)c3ccccc3)CC2)n1. The molecule has 5 rings (SSSR count). The van der Waals surface area contributed by atoms with Gasteiger partial charge in [-0.1, -0.05) is 18.2 Å². The van der Waals surface area contributed by atoms with E-state index in [0.29, 0.717) is 61.1 Å². The molecule has 2 N–H and O–H groups in total. The summed E-state index contributed by atoms with van der Waals surface area (Å²) in [5, 5.41) is 10.9. The van der Waals surface area contributed by atoms with E-state index >= 15 is 0 Å². The third-order valence-electron chi connectivity index (χ3n) is 6.74. The summed E-state index contributed by atoms with van der Waals surface area (Å²) in [6, 6.07) is 10.9. The topological polar surface area (TPSA) is 122 Å².